The normalized spacial score (nSPS) is 33.0. The molecule has 3 saturated heterocycles. The maximum absolute atomic E-state index is 13.0. The highest BCUT2D eigenvalue weighted by Gasteiger charge is 2.60. The van der Waals surface area contributed by atoms with Crippen molar-refractivity contribution in [1.29, 1.82) is 0 Å². The number of rotatable bonds is 10. The Kier molecular flexibility index (Phi) is 8.33. The van der Waals surface area contributed by atoms with Crippen molar-refractivity contribution >= 4 is 35.5 Å². The van der Waals surface area contributed by atoms with E-state index in [0.717, 1.165) is 6.42 Å². The highest BCUT2D eigenvalue weighted by molar-refractivity contribution is 8.03. The molecule has 4 aliphatic heterocycles. The molecule has 14 heteroatoms. The van der Waals surface area contributed by atoms with E-state index in [9.17, 15) is 24.6 Å². The summed E-state index contributed by atoms with van der Waals surface area (Å²) >= 11 is 1.50. The summed E-state index contributed by atoms with van der Waals surface area (Å²) in [6.07, 6.45) is 0.946. The van der Waals surface area contributed by atoms with Gasteiger partial charge in [-0.15, -0.1) is 11.8 Å². The number of aliphatic imine (C=N–C) groups is 1. The molecule has 0 aromatic heterocycles. The Labute approximate surface area is 220 Å². The smallest absolute Gasteiger partial charge is 0.353 e. The summed E-state index contributed by atoms with van der Waals surface area (Å²) in [5.74, 6) is -2.18. The van der Waals surface area contributed by atoms with Crippen LogP contribution >= 0.6 is 11.8 Å². The summed E-state index contributed by atoms with van der Waals surface area (Å²) in [5, 5.41) is 23.2. The third-order valence-electron chi connectivity index (χ3n) is 7.71. The van der Waals surface area contributed by atoms with Crippen LogP contribution in [0.2, 0.25) is 0 Å². The molecule has 37 heavy (non-hydrogen) atoms. The number of thioether (sulfide) groups is 1. The highest BCUT2D eigenvalue weighted by atomic mass is 32.2. The molecule has 0 aliphatic carbocycles. The molecule has 4 rings (SSSR count). The fourth-order valence-electron chi connectivity index (χ4n) is 5.92. The number of hydrogen-bond acceptors (Lipinski definition) is 9. The molecule has 7 N–H and O–H groups in total. The number of nitrogens with two attached hydrogens (primary N) is 2. The van der Waals surface area contributed by atoms with E-state index in [-0.39, 0.29) is 66.3 Å². The Balaban J connectivity index is 1.34. The Bertz CT molecular complexity index is 987. The molecular formula is C23H37N7O6S. The minimum atomic E-state index is -1.12. The fourth-order valence-corrected chi connectivity index (χ4v) is 7.51. The standard InChI is InChI=1S/C23H37N7O6S/c1-11-18-17(12(2)31)21(33)30(18)19(22(34)35)20(11)37-14-7-15(28(3)8-14)29-5-4-13(6-16(29)32)26-9-36-10-27-23(24)25/h11-15,17-18,26,31H,4-10H2,1-3H3,(H,34,35)(H4,24,25,27)/t11-,12-,13+,14+,15-,17-,18-/m1/s1. The van der Waals surface area contributed by atoms with Crippen molar-refractivity contribution in [1.82, 2.24) is 20.0 Å². The number of likely N-dealkylation sites (tertiary alicyclic amines) is 2. The van der Waals surface area contributed by atoms with Crippen molar-refractivity contribution < 1.29 is 29.3 Å². The summed E-state index contributed by atoms with van der Waals surface area (Å²) in [6.45, 7) is 5.10. The number of β-lactam (4-membered cyclic amide) rings is 1. The zero-order valence-corrected chi connectivity index (χ0v) is 22.2. The number of guanidine groups is 1. The maximum Gasteiger partial charge on any atom is 0.353 e. The molecule has 0 spiro atoms. The van der Waals surface area contributed by atoms with Crippen molar-refractivity contribution in [3.63, 3.8) is 0 Å². The molecule has 0 bridgehead atoms. The zero-order chi connectivity index (χ0) is 27.0. The highest BCUT2D eigenvalue weighted by Crippen LogP contribution is 2.52. The number of aliphatic hydroxyl groups is 1. The third kappa shape index (κ3) is 5.43. The summed E-state index contributed by atoms with van der Waals surface area (Å²) in [4.78, 5) is 47.5. The molecule has 0 aromatic rings. The lowest BCUT2D eigenvalue weighted by molar-refractivity contribution is -0.163. The molecule has 0 saturated carbocycles. The van der Waals surface area contributed by atoms with Gasteiger partial charge in [-0.3, -0.25) is 19.8 Å². The number of piperidine rings is 1. The van der Waals surface area contributed by atoms with Gasteiger partial charge < -0.3 is 36.2 Å². The Hall–Kier alpha value is -2.39. The van der Waals surface area contributed by atoms with Crippen LogP contribution < -0.4 is 16.8 Å². The minimum absolute atomic E-state index is 0.00590. The van der Waals surface area contributed by atoms with Crippen LogP contribution in [0.3, 0.4) is 0 Å². The second kappa shape index (κ2) is 11.2. The van der Waals surface area contributed by atoms with Crippen molar-refractivity contribution in [2.45, 2.75) is 62.7 Å². The summed E-state index contributed by atoms with van der Waals surface area (Å²) < 4.78 is 5.30. The van der Waals surface area contributed by atoms with Crippen LogP contribution in [0, 0.1) is 11.8 Å². The fraction of sp³-hybridized carbons (Fsp3) is 0.739. The van der Waals surface area contributed by atoms with Gasteiger partial charge in [-0.1, -0.05) is 6.92 Å². The van der Waals surface area contributed by atoms with Crippen LogP contribution in [0.25, 0.3) is 0 Å². The summed E-state index contributed by atoms with van der Waals surface area (Å²) in [7, 11) is 1.98. The predicted octanol–water partition coefficient (Wildman–Crippen LogP) is -1.31. The Morgan fingerprint density at radius 3 is 2.70 bits per heavy atom. The Morgan fingerprint density at radius 1 is 1.35 bits per heavy atom. The van der Waals surface area contributed by atoms with Crippen LogP contribution in [0.5, 0.6) is 0 Å². The molecule has 0 unspecified atom stereocenters. The van der Waals surface area contributed by atoms with Gasteiger partial charge in [-0.25, -0.2) is 9.79 Å². The van der Waals surface area contributed by atoms with Gasteiger partial charge in [-0.2, -0.15) is 0 Å². The molecule has 4 aliphatic rings. The van der Waals surface area contributed by atoms with E-state index in [1.54, 1.807) is 6.92 Å². The van der Waals surface area contributed by atoms with Gasteiger partial charge in [-0.05, 0) is 26.8 Å². The average molecular weight is 540 g/mol. The lowest BCUT2D eigenvalue weighted by atomic mass is 9.79. The van der Waals surface area contributed by atoms with Gasteiger partial charge in [0.15, 0.2) is 5.96 Å². The maximum atomic E-state index is 13.0. The van der Waals surface area contributed by atoms with Gasteiger partial charge in [0, 0.05) is 41.6 Å². The van der Waals surface area contributed by atoms with Gasteiger partial charge in [0.25, 0.3) is 0 Å². The van der Waals surface area contributed by atoms with E-state index in [1.807, 2.05) is 18.9 Å². The summed E-state index contributed by atoms with van der Waals surface area (Å²) in [5.41, 5.74) is 10.6. The molecule has 13 nitrogen and oxygen atoms in total. The van der Waals surface area contributed by atoms with Crippen LogP contribution in [-0.2, 0) is 19.1 Å². The monoisotopic (exact) mass is 539 g/mol. The van der Waals surface area contributed by atoms with Crippen LogP contribution in [-0.4, -0.2) is 112 Å². The number of fused-ring (bicyclic) bond motifs is 1. The second-order valence-corrected chi connectivity index (χ2v) is 11.6. The Morgan fingerprint density at radius 2 is 2.08 bits per heavy atom. The first-order valence-electron chi connectivity index (χ1n) is 12.5. The van der Waals surface area contributed by atoms with Crippen molar-refractivity contribution in [3.05, 3.63) is 10.6 Å². The van der Waals surface area contributed by atoms with Crippen molar-refractivity contribution in [2.75, 3.05) is 33.6 Å². The van der Waals surface area contributed by atoms with Gasteiger partial charge in [0.05, 0.1) is 31.0 Å². The van der Waals surface area contributed by atoms with Crippen LogP contribution in [0.15, 0.2) is 15.6 Å². The van der Waals surface area contributed by atoms with Gasteiger partial charge in [0.2, 0.25) is 11.8 Å². The zero-order valence-electron chi connectivity index (χ0n) is 21.4. The molecule has 206 valence electrons. The number of ether oxygens (including phenoxy) is 1. The lowest BCUT2D eigenvalue weighted by Crippen LogP contribution is -2.63. The third-order valence-corrected chi connectivity index (χ3v) is 9.20. The number of aliphatic hydroxyl groups excluding tert-OH is 1. The number of carbonyl (C=O) groups excluding carboxylic acids is 2. The van der Waals surface area contributed by atoms with Gasteiger partial charge in [0.1, 0.15) is 12.4 Å². The van der Waals surface area contributed by atoms with Crippen LogP contribution in [0.1, 0.15) is 33.1 Å². The largest absolute Gasteiger partial charge is 0.477 e. The van der Waals surface area contributed by atoms with Crippen LogP contribution in [0.4, 0.5) is 0 Å². The van der Waals surface area contributed by atoms with E-state index >= 15 is 0 Å². The second-order valence-electron chi connectivity index (χ2n) is 10.2. The number of carbonyl (C=O) groups is 3. The molecule has 3 fully saturated rings. The number of aliphatic carboxylic acids is 1. The number of nitrogens with one attached hydrogen (secondary N) is 1. The number of nitrogens with zero attached hydrogens (tertiary/aromatic N) is 4. The number of carboxylic acid groups (broad SMARTS) is 1. The minimum Gasteiger partial charge on any atom is -0.477 e. The molecular weight excluding hydrogens is 502 g/mol. The number of carboxylic acids is 1. The van der Waals surface area contributed by atoms with E-state index in [4.69, 9.17) is 16.2 Å². The molecule has 2 amide bonds. The first kappa shape index (κ1) is 27.6. The quantitative estimate of drug-likeness (QED) is 0.0729. The molecule has 0 aromatic carbocycles. The molecule has 4 heterocycles. The first-order valence-corrected chi connectivity index (χ1v) is 13.4. The van der Waals surface area contributed by atoms with Crippen molar-refractivity contribution in [2.24, 2.45) is 28.3 Å². The lowest BCUT2D eigenvalue weighted by Gasteiger charge is -2.46. The van der Waals surface area contributed by atoms with E-state index in [2.05, 4.69) is 15.2 Å². The average Bonchev–Trinajstić information content (AvgIpc) is 3.28. The number of hydrogen-bond donors (Lipinski definition) is 5. The SMILES string of the molecule is C[C@@H](O)[C@H]1C(=O)N2C(C(=O)O)=C(S[C@H]3C[C@@H](N4CC[C@H](NCOCN=C(N)N)CC4=O)N(C)C3)[C@H](C)[C@H]12. The van der Waals surface area contributed by atoms with E-state index < -0.39 is 18.0 Å². The summed E-state index contributed by atoms with van der Waals surface area (Å²) in [6, 6.07) is -0.320. The van der Waals surface area contributed by atoms with Crippen molar-refractivity contribution in [3.8, 4) is 0 Å². The van der Waals surface area contributed by atoms with E-state index in [0.29, 0.717) is 30.8 Å². The predicted molar refractivity (Wildman–Crippen MR) is 137 cm³/mol. The van der Waals surface area contributed by atoms with E-state index in [1.165, 1.54) is 16.7 Å². The number of amides is 2. The first-order chi connectivity index (χ1) is 17.5. The van der Waals surface area contributed by atoms with Gasteiger partial charge >= 0.3 is 5.97 Å². The topological polar surface area (TPSA) is 187 Å². The molecule has 7 atom stereocenters. The molecule has 0 radical (unpaired) electrons.